The lowest BCUT2D eigenvalue weighted by atomic mass is 10.3. The highest BCUT2D eigenvalue weighted by Crippen LogP contribution is 2.37. The number of sulfonamides is 1. The minimum atomic E-state index is -3.85. The molecule has 0 bridgehead atoms. The number of nitrogens with zero attached hydrogens (tertiary/aromatic N) is 1. The van der Waals surface area contributed by atoms with Gasteiger partial charge in [0.15, 0.2) is 5.75 Å². The van der Waals surface area contributed by atoms with Crippen LogP contribution in [-0.4, -0.2) is 28.0 Å². The second-order valence-corrected chi connectivity index (χ2v) is 8.69. The van der Waals surface area contributed by atoms with Gasteiger partial charge in [0.05, 0.1) is 22.2 Å². The number of methoxy groups -OCH3 is 1. The number of halogens is 2. The van der Waals surface area contributed by atoms with Crippen molar-refractivity contribution in [2.75, 3.05) is 23.3 Å². The Balaban J connectivity index is 1.88. The molecule has 0 unspecified atom stereocenters. The third kappa shape index (κ3) is 3.82. The zero-order valence-corrected chi connectivity index (χ0v) is 17.0. The van der Waals surface area contributed by atoms with Crippen molar-refractivity contribution in [1.82, 2.24) is 0 Å². The summed E-state index contributed by atoms with van der Waals surface area (Å²) in [6, 6.07) is 9.27. The van der Waals surface area contributed by atoms with Gasteiger partial charge in [-0.1, -0.05) is 11.6 Å². The Labute approximate surface area is 165 Å². The van der Waals surface area contributed by atoms with E-state index in [1.165, 1.54) is 25.3 Å². The summed E-state index contributed by atoms with van der Waals surface area (Å²) in [6.45, 7) is 0.650. The van der Waals surface area contributed by atoms with Gasteiger partial charge in [0.1, 0.15) is 0 Å². The van der Waals surface area contributed by atoms with Crippen molar-refractivity contribution in [3.8, 4) is 5.75 Å². The van der Waals surface area contributed by atoms with Gasteiger partial charge in [0.2, 0.25) is 5.91 Å². The first-order chi connectivity index (χ1) is 12.3. The molecule has 138 valence electrons. The highest BCUT2D eigenvalue weighted by Gasteiger charge is 2.23. The van der Waals surface area contributed by atoms with E-state index in [2.05, 4.69) is 20.7 Å². The van der Waals surface area contributed by atoms with Crippen LogP contribution in [0.5, 0.6) is 5.75 Å². The van der Waals surface area contributed by atoms with E-state index in [9.17, 15) is 13.2 Å². The Kier molecular flexibility index (Phi) is 5.45. The maximum absolute atomic E-state index is 12.7. The van der Waals surface area contributed by atoms with Crippen LogP contribution < -0.4 is 14.4 Å². The van der Waals surface area contributed by atoms with Crippen molar-refractivity contribution < 1.29 is 17.9 Å². The molecule has 0 radical (unpaired) electrons. The molecule has 1 saturated heterocycles. The molecule has 1 fully saturated rings. The van der Waals surface area contributed by atoms with Crippen molar-refractivity contribution in [3.05, 3.63) is 45.9 Å². The molecule has 0 aromatic heterocycles. The average molecular weight is 460 g/mol. The van der Waals surface area contributed by atoms with Gasteiger partial charge >= 0.3 is 0 Å². The molecule has 1 amide bonds. The number of carbonyl (C=O) groups excluding carboxylic acids is 1. The minimum absolute atomic E-state index is 0.0484. The first kappa shape index (κ1) is 19.0. The van der Waals surface area contributed by atoms with Crippen LogP contribution >= 0.6 is 27.5 Å². The fourth-order valence-corrected chi connectivity index (χ4v) is 4.80. The molecule has 2 aromatic rings. The second-order valence-electron chi connectivity index (χ2n) is 5.72. The summed E-state index contributed by atoms with van der Waals surface area (Å²) in [4.78, 5) is 13.5. The molecule has 1 aliphatic heterocycles. The molecule has 6 nitrogen and oxygen atoms in total. The van der Waals surface area contributed by atoms with E-state index in [0.717, 1.165) is 6.42 Å². The fraction of sp³-hybridized carbons (Fsp3) is 0.235. The van der Waals surface area contributed by atoms with Gasteiger partial charge in [-0.3, -0.25) is 9.52 Å². The quantitative estimate of drug-likeness (QED) is 0.732. The molecule has 9 heteroatoms. The van der Waals surface area contributed by atoms with Gasteiger partial charge in [0, 0.05) is 23.7 Å². The van der Waals surface area contributed by atoms with Gasteiger partial charge in [-0.2, -0.15) is 0 Å². The van der Waals surface area contributed by atoms with Crippen LogP contribution in [0.2, 0.25) is 5.02 Å². The van der Waals surface area contributed by atoms with Crippen molar-refractivity contribution in [2.24, 2.45) is 0 Å². The van der Waals surface area contributed by atoms with E-state index >= 15 is 0 Å². The number of carbonyl (C=O) groups is 1. The molecule has 0 saturated carbocycles. The molecule has 3 rings (SSSR count). The number of ether oxygens (including phenoxy) is 1. The number of hydrogen-bond donors (Lipinski definition) is 1. The highest BCUT2D eigenvalue weighted by molar-refractivity contribution is 9.10. The summed E-state index contributed by atoms with van der Waals surface area (Å²) in [7, 11) is -2.41. The van der Waals surface area contributed by atoms with Crippen LogP contribution in [0.4, 0.5) is 11.4 Å². The van der Waals surface area contributed by atoms with E-state index in [-0.39, 0.29) is 16.5 Å². The van der Waals surface area contributed by atoms with Crippen LogP contribution in [-0.2, 0) is 14.8 Å². The highest BCUT2D eigenvalue weighted by atomic mass is 79.9. The van der Waals surface area contributed by atoms with Crippen molar-refractivity contribution in [1.29, 1.82) is 0 Å². The smallest absolute Gasteiger partial charge is 0.262 e. The number of amides is 1. The number of hydrogen-bond acceptors (Lipinski definition) is 4. The topological polar surface area (TPSA) is 75.7 Å². The summed E-state index contributed by atoms with van der Waals surface area (Å²) in [5.41, 5.74) is 0.917. The Morgan fingerprint density at radius 2 is 1.92 bits per heavy atom. The largest absolute Gasteiger partial charge is 0.493 e. The summed E-state index contributed by atoms with van der Waals surface area (Å²) < 4.78 is 33.6. The van der Waals surface area contributed by atoms with Gasteiger partial charge in [-0.05, 0) is 58.7 Å². The van der Waals surface area contributed by atoms with Crippen molar-refractivity contribution in [2.45, 2.75) is 17.7 Å². The lowest BCUT2D eigenvalue weighted by molar-refractivity contribution is -0.117. The second kappa shape index (κ2) is 7.46. The summed E-state index contributed by atoms with van der Waals surface area (Å²) in [5, 5.41) is 0.360. The third-order valence-corrected chi connectivity index (χ3v) is 6.18. The molecule has 0 spiro atoms. The standard InChI is InChI=1S/C17H16BrClN2O4S/c1-25-17-14(18)9-11(19)10-15(17)20-26(23,24)13-6-4-12(5-7-13)21-8-2-3-16(21)22/h4-7,9-10,20H,2-3,8H2,1H3. The van der Waals surface area contributed by atoms with E-state index in [1.807, 2.05) is 0 Å². The Morgan fingerprint density at radius 3 is 2.50 bits per heavy atom. The van der Waals surface area contributed by atoms with E-state index in [1.54, 1.807) is 23.1 Å². The molecule has 0 atom stereocenters. The van der Waals surface area contributed by atoms with Crippen LogP contribution in [0, 0.1) is 0 Å². The van der Waals surface area contributed by atoms with E-state index < -0.39 is 10.0 Å². The van der Waals surface area contributed by atoms with Crippen LogP contribution in [0.1, 0.15) is 12.8 Å². The van der Waals surface area contributed by atoms with Gasteiger partial charge in [0.25, 0.3) is 10.0 Å². The Morgan fingerprint density at radius 1 is 1.23 bits per heavy atom. The average Bonchev–Trinajstić information content (AvgIpc) is 3.00. The minimum Gasteiger partial charge on any atom is -0.493 e. The Bertz CT molecular complexity index is 948. The van der Waals surface area contributed by atoms with E-state index in [0.29, 0.717) is 33.9 Å². The predicted octanol–water partition coefficient (Wildman–Crippen LogP) is 4.04. The van der Waals surface area contributed by atoms with Crippen molar-refractivity contribution >= 4 is 54.8 Å². The summed E-state index contributed by atoms with van der Waals surface area (Å²) >= 11 is 9.30. The molecule has 1 heterocycles. The first-order valence-electron chi connectivity index (χ1n) is 7.78. The number of rotatable bonds is 5. The molecular weight excluding hydrogens is 444 g/mol. The number of benzene rings is 2. The van der Waals surface area contributed by atoms with Crippen molar-refractivity contribution in [3.63, 3.8) is 0 Å². The zero-order chi connectivity index (χ0) is 18.9. The number of nitrogens with one attached hydrogen (secondary N) is 1. The molecule has 2 aromatic carbocycles. The lowest BCUT2D eigenvalue weighted by Gasteiger charge is -2.17. The molecule has 26 heavy (non-hydrogen) atoms. The number of anilines is 2. The fourth-order valence-electron chi connectivity index (χ4n) is 2.77. The van der Waals surface area contributed by atoms with Gasteiger partial charge in [-0.25, -0.2) is 8.42 Å². The van der Waals surface area contributed by atoms with E-state index in [4.69, 9.17) is 16.3 Å². The molecule has 0 aliphatic carbocycles. The maximum atomic E-state index is 12.7. The predicted molar refractivity (Wildman–Crippen MR) is 105 cm³/mol. The molecule has 1 aliphatic rings. The Hall–Kier alpha value is -1.77. The SMILES string of the molecule is COc1c(Br)cc(Cl)cc1NS(=O)(=O)c1ccc(N2CCCC2=O)cc1. The first-order valence-corrected chi connectivity index (χ1v) is 10.4. The molecular formula is C17H16BrClN2O4S. The van der Waals surface area contributed by atoms with Gasteiger partial charge in [-0.15, -0.1) is 0 Å². The monoisotopic (exact) mass is 458 g/mol. The van der Waals surface area contributed by atoms with Gasteiger partial charge < -0.3 is 9.64 Å². The lowest BCUT2D eigenvalue weighted by Crippen LogP contribution is -2.23. The summed E-state index contributed by atoms with van der Waals surface area (Å²) in [5.74, 6) is 0.379. The van der Waals surface area contributed by atoms with Crippen LogP contribution in [0.15, 0.2) is 45.8 Å². The summed E-state index contributed by atoms with van der Waals surface area (Å²) in [6.07, 6.45) is 1.33. The van der Waals surface area contributed by atoms with Crippen LogP contribution in [0.25, 0.3) is 0 Å². The normalized spacial score (nSPS) is 14.6. The zero-order valence-electron chi connectivity index (χ0n) is 13.8. The molecule has 1 N–H and O–H groups in total. The third-order valence-electron chi connectivity index (χ3n) is 3.99. The van der Waals surface area contributed by atoms with Crippen LogP contribution in [0.3, 0.4) is 0 Å². The maximum Gasteiger partial charge on any atom is 0.262 e.